The van der Waals surface area contributed by atoms with E-state index in [0.29, 0.717) is 25.7 Å². The van der Waals surface area contributed by atoms with E-state index in [4.69, 9.17) is 5.11 Å². The number of rotatable bonds is 3. The molecule has 2 nitrogen and oxygen atoms in total. The Morgan fingerprint density at radius 1 is 1.36 bits per heavy atom. The van der Waals surface area contributed by atoms with E-state index in [1.165, 1.54) is 0 Å². The Labute approximate surface area is 83.9 Å². The van der Waals surface area contributed by atoms with Crippen LogP contribution >= 0.6 is 11.8 Å². The molecule has 0 saturated heterocycles. The van der Waals surface area contributed by atoms with E-state index in [1.807, 2.05) is 0 Å². The van der Waals surface area contributed by atoms with E-state index in [-0.39, 0.29) is 17.5 Å². The lowest BCUT2D eigenvalue weighted by Crippen LogP contribution is -2.31. The molecule has 1 rings (SSSR count). The third-order valence-electron chi connectivity index (χ3n) is 2.53. The second-order valence-electron chi connectivity index (χ2n) is 3.53. The van der Waals surface area contributed by atoms with Gasteiger partial charge in [-0.2, -0.15) is 13.2 Å². The Balaban J connectivity index is 2.57. The van der Waals surface area contributed by atoms with Gasteiger partial charge in [-0.3, -0.25) is 4.79 Å². The van der Waals surface area contributed by atoms with Crippen molar-refractivity contribution in [3.05, 3.63) is 0 Å². The van der Waals surface area contributed by atoms with E-state index >= 15 is 0 Å². The second kappa shape index (κ2) is 4.00. The van der Waals surface area contributed by atoms with Crippen LogP contribution in [0.25, 0.3) is 0 Å². The first-order valence-electron chi connectivity index (χ1n) is 4.30. The van der Waals surface area contributed by atoms with Gasteiger partial charge in [-0.25, -0.2) is 0 Å². The van der Waals surface area contributed by atoms with Gasteiger partial charge in [0.1, 0.15) is 0 Å². The van der Waals surface area contributed by atoms with Crippen molar-refractivity contribution in [1.29, 1.82) is 0 Å². The van der Waals surface area contributed by atoms with Crippen LogP contribution in [-0.2, 0) is 4.79 Å². The Bertz CT molecular complexity index is 221. The maximum atomic E-state index is 11.9. The highest BCUT2D eigenvalue weighted by Crippen LogP contribution is 2.44. The zero-order valence-electron chi connectivity index (χ0n) is 7.43. The van der Waals surface area contributed by atoms with Gasteiger partial charge >= 0.3 is 11.5 Å². The molecule has 1 fully saturated rings. The van der Waals surface area contributed by atoms with E-state index in [2.05, 4.69) is 0 Å². The van der Waals surface area contributed by atoms with Crippen molar-refractivity contribution in [1.82, 2.24) is 0 Å². The van der Waals surface area contributed by atoms with Gasteiger partial charge in [-0.1, -0.05) is 12.8 Å². The van der Waals surface area contributed by atoms with Crippen LogP contribution in [0.5, 0.6) is 0 Å². The Morgan fingerprint density at radius 2 is 1.86 bits per heavy atom. The molecule has 0 radical (unpaired) electrons. The van der Waals surface area contributed by atoms with E-state index < -0.39 is 16.9 Å². The van der Waals surface area contributed by atoms with E-state index in [9.17, 15) is 18.0 Å². The first kappa shape index (κ1) is 11.7. The standard InChI is InChI=1S/C8H11F3O2S/c9-8(10,11)14-5-7(6(12)13)3-1-2-4-7/h1-5H2,(H,12,13). The lowest BCUT2D eigenvalue weighted by Gasteiger charge is -2.23. The summed E-state index contributed by atoms with van der Waals surface area (Å²) in [5.74, 6) is -1.45. The molecule has 0 aromatic heterocycles. The monoisotopic (exact) mass is 228 g/mol. The van der Waals surface area contributed by atoms with Gasteiger partial charge in [-0.15, -0.1) is 0 Å². The highest BCUT2D eigenvalue weighted by atomic mass is 32.2. The first-order chi connectivity index (χ1) is 6.36. The van der Waals surface area contributed by atoms with Gasteiger partial charge in [0.05, 0.1) is 5.41 Å². The van der Waals surface area contributed by atoms with Crippen molar-refractivity contribution in [3.8, 4) is 0 Å². The van der Waals surface area contributed by atoms with Crippen LogP contribution in [-0.4, -0.2) is 22.3 Å². The number of carbonyl (C=O) groups is 1. The molecule has 0 heterocycles. The minimum atomic E-state index is -4.33. The number of carboxylic acid groups (broad SMARTS) is 1. The average Bonchev–Trinajstić information content (AvgIpc) is 2.48. The van der Waals surface area contributed by atoms with Crippen LogP contribution in [0.2, 0.25) is 0 Å². The van der Waals surface area contributed by atoms with Crippen LogP contribution in [0.15, 0.2) is 0 Å². The third kappa shape index (κ3) is 2.80. The number of hydrogen-bond donors (Lipinski definition) is 1. The molecule has 1 saturated carbocycles. The predicted octanol–water partition coefficient (Wildman–Crippen LogP) is 2.88. The number of alkyl halides is 3. The highest BCUT2D eigenvalue weighted by Gasteiger charge is 2.44. The number of aliphatic carboxylic acids is 1. The number of carboxylic acids is 1. The second-order valence-corrected chi connectivity index (χ2v) is 4.57. The summed E-state index contributed by atoms with van der Waals surface area (Å²) in [7, 11) is 0. The van der Waals surface area contributed by atoms with Crippen LogP contribution in [0.1, 0.15) is 25.7 Å². The average molecular weight is 228 g/mol. The molecule has 1 N–H and O–H groups in total. The summed E-state index contributed by atoms with van der Waals surface area (Å²) in [5.41, 5.74) is -5.47. The zero-order valence-corrected chi connectivity index (χ0v) is 8.25. The van der Waals surface area contributed by atoms with Crippen LogP contribution in [0.3, 0.4) is 0 Å². The lowest BCUT2D eigenvalue weighted by molar-refractivity contribution is -0.147. The van der Waals surface area contributed by atoms with E-state index in [1.54, 1.807) is 0 Å². The molecule has 1 aliphatic rings. The summed E-state index contributed by atoms with van der Waals surface area (Å²) < 4.78 is 35.7. The normalized spacial score (nSPS) is 21.1. The van der Waals surface area contributed by atoms with Gasteiger partial charge in [0.25, 0.3) is 0 Å². The maximum absolute atomic E-state index is 11.9. The summed E-state index contributed by atoms with van der Waals surface area (Å²) in [6.45, 7) is 0. The highest BCUT2D eigenvalue weighted by molar-refractivity contribution is 8.00. The number of hydrogen-bond acceptors (Lipinski definition) is 2. The molecular weight excluding hydrogens is 217 g/mol. The molecule has 1 aliphatic carbocycles. The Morgan fingerprint density at radius 3 is 2.21 bits per heavy atom. The summed E-state index contributed by atoms with van der Waals surface area (Å²) in [5, 5.41) is 8.88. The fraction of sp³-hybridized carbons (Fsp3) is 0.875. The Hall–Kier alpha value is -0.390. The molecule has 0 aliphatic heterocycles. The maximum Gasteiger partial charge on any atom is 0.441 e. The molecule has 0 atom stereocenters. The lowest BCUT2D eigenvalue weighted by atomic mass is 9.89. The predicted molar refractivity (Wildman–Crippen MR) is 47.0 cm³/mol. The minimum absolute atomic E-state index is 0.223. The fourth-order valence-corrected chi connectivity index (χ4v) is 2.54. The van der Waals surface area contributed by atoms with Crippen LogP contribution in [0.4, 0.5) is 13.2 Å². The molecule has 0 unspecified atom stereocenters. The van der Waals surface area contributed by atoms with Gasteiger partial charge in [0.2, 0.25) is 0 Å². The minimum Gasteiger partial charge on any atom is -0.481 e. The molecule has 0 aromatic carbocycles. The van der Waals surface area contributed by atoms with Crippen molar-refractivity contribution in [2.24, 2.45) is 5.41 Å². The first-order valence-corrected chi connectivity index (χ1v) is 5.28. The molecule has 0 aromatic rings. The van der Waals surface area contributed by atoms with Crippen LogP contribution in [0, 0.1) is 5.41 Å². The van der Waals surface area contributed by atoms with Crippen molar-refractivity contribution >= 4 is 17.7 Å². The van der Waals surface area contributed by atoms with Crippen molar-refractivity contribution < 1.29 is 23.1 Å². The van der Waals surface area contributed by atoms with Gasteiger partial charge in [-0.05, 0) is 24.6 Å². The van der Waals surface area contributed by atoms with Gasteiger partial charge < -0.3 is 5.11 Å². The van der Waals surface area contributed by atoms with Crippen molar-refractivity contribution in [2.75, 3.05) is 5.75 Å². The van der Waals surface area contributed by atoms with Gasteiger partial charge in [0, 0.05) is 5.75 Å². The van der Waals surface area contributed by atoms with Crippen molar-refractivity contribution in [3.63, 3.8) is 0 Å². The number of thioether (sulfide) groups is 1. The molecule has 0 spiro atoms. The SMILES string of the molecule is O=C(O)C1(CSC(F)(F)F)CCCC1. The third-order valence-corrected chi connectivity index (χ3v) is 3.55. The topological polar surface area (TPSA) is 37.3 Å². The van der Waals surface area contributed by atoms with Crippen LogP contribution < -0.4 is 0 Å². The summed E-state index contributed by atoms with van der Waals surface area (Å²) >= 11 is -0.223. The molecule has 0 bridgehead atoms. The molecule has 14 heavy (non-hydrogen) atoms. The Kier molecular flexibility index (Phi) is 3.34. The fourth-order valence-electron chi connectivity index (χ4n) is 1.69. The summed E-state index contributed by atoms with van der Waals surface area (Å²) in [6, 6.07) is 0. The smallest absolute Gasteiger partial charge is 0.441 e. The quantitative estimate of drug-likeness (QED) is 0.807. The zero-order chi connectivity index (χ0) is 10.8. The van der Waals surface area contributed by atoms with E-state index in [0.717, 1.165) is 0 Å². The molecular formula is C8H11F3O2S. The molecule has 6 heteroatoms. The number of halogens is 3. The summed E-state index contributed by atoms with van der Waals surface area (Å²) in [6.07, 6.45) is 2.16. The largest absolute Gasteiger partial charge is 0.481 e. The van der Waals surface area contributed by atoms with Gasteiger partial charge in [0.15, 0.2) is 0 Å². The summed E-state index contributed by atoms with van der Waals surface area (Å²) in [4.78, 5) is 10.9. The molecule has 82 valence electrons. The molecule has 0 amide bonds. The van der Waals surface area contributed by atoms with Crippen molar-refractivity contribution in [2.45, 2.75) is 31.2 Å².